The number of aliphatic hydroxyl groups is 3. The predicted molar refractivity (Wildman–Crippen MR) is 262 cm³/mol. The van der Waals surface area contributed by atoms with Crippen LogP contribution in [0.3, 0.4) is 0 Å². The van der Waals surface area contributed by atoms with Crippen molar-refractivity contribution in [2.45, 2.75) is 127 Å². The van der Waals surface area contributed by atoms with Crippen LogP contribution in [0.25, 0.3) is 11.1 Å². The summed E-state index contributed by atoms with van der Waals surface area (Å²) >= 11 is 0. The van der Waals surface area contributed by atoms with Crippen molar-refractivity contribution in [2.24, 2.45) is 28.8 Å². The zero-order chi connectivity index (χ0) is 47.1. The van der Waals surface area contributed by atoms with Gasteiger partial charge in [-0.05, 0) is 110 Å². The lowest BCUT2D eigenvalue weighted by Gasteiger charge is -2.60. The zero-order valence-corrected chi connectivity index (χ0v) is 39.9. The number of carbonyl (C=O) groups excluding carboxylic acids is 1. The van der Waals surface area contributed by atoms with E-state index in [2.05, 4.69) is 43.0 Å². The highest BCUT2D eigenvalue weighted by atomic mass is 16.8. The van der Waals surface area contributed by atoms with Gasteiger partial charge in [0.25, 0.3) is 0 Å². The second kappa shape index (κ2) is 24.8. The molecule has 1 amide bonds. The van der Waals surface area contributed by atoms with E-state index in [1.54, 1.807) is 6.08 Å². The second-order valence-electron chi connectivity index (χ2n) is 19.3. The number of hydrogen-bond acceptors (Lipinski definition) is 11. The SMILES string of the molecule is C=CCOC12Oc3ccc(Oc4ccc(-c5ccccc5)cc4)cc3C3C(CCCCO)C(CCCCO)C=C(C(=NOC4CCCCO4)CC1N(CCOCCO)C(=O)CCC1CCCC1)C32. The number of fused-ring (bicyclic) bond motifs is 2. The maximum Gasteiger partial charge on any atom is 0.239 e. The quantitative estimate of drug-likeness (QED) is 0.0426. The van der Waals surface area contributed by atoms with Crippen molar-refractivity contribution >= 4 is 11.6 Å². The Morgan fingerprint density at radius 3 is 2.32 bits per heavy atom. The molecule has 0 radical (unpaired) electrons. The van der Waals surface area contributed by atoms with Gasteiger partial charge in [0.2, 0.25) is 18.0 Å². The first-order valence-electron chi connectivity index (χ1n) is 25.6. The molecule has 7 unspecified atom stereocenters. The molecule has 1 saturated heterocycles. The number of benzene rings is 3. The summed E-state index contributed by atoms with van der Waals surface area (Å²) in [6.07, 6.45) is 17.1. The van der Waals surface area contributed by atoms with E-state index in [1.807, 2.05) is 47.4 Å². The van der Waals surface area contributed by atoms with Gasteiger partial charge >= 0.3 is 0 Å². The van der Waals surface area contributed by atoms with Crippen molar-refractivity contribution in [3.8, 4) is 28.4 Å². The molecule has 0 aromatic heterocycles. The molecule has 0 bridgehead atoms. The number of ether oxygens (including phenoxy) is 5. The summed E-state index contributed by atoms with van der Waals surface area (Å²) in [6, 6.07) is 23.8. The maximum atomic E-state index is 15.0. The third kappa shape index (κ3) is 11.9. The Morgan fingerprint density at radius 2 is 1.59 bits per heavy atom. The van der Waals surface area contributed by atoms with Gasteiger partial charge in [0.05, 0.1) is 44.7 Å². The number of carbonyl (C=O) groups is 1. The normalized spacial score (nSPS) is 26.0. The van der Waals surface area contributed by atoms with Crippen molar-refractivity contribution in [1.82, 2.24) is 4.90 Å². The molecule has 3 N–H and O–H groups in total. The molecule has 68 heavy (non-hydrogen) atoms. The standard InChI is InChI=1S/C56H74N2O10/c1-2-33-65-56-51(58(29-35-63-36-32-61)52(62)28-21-40-14-6-7-15-40)39-49(57-68-53-20-10-13-34-64-53)47-37-43(18-8-11-30-59)46(19-9-12-31-60)54(55(47)56)48-38-45(26-27-50(48)67-56)66-44-24-22-42(23-25-44)41-16-4-3-5-17-41/h2-5,16-17,22-27,37-38,40,43,46,51,53-55,59-61H,1,6-15,18-21,28-36,39H2. The minimum absolute atomic E-state index is 0.00421. The molecular weight excluding hydrogens is 861 g/mol. The Bertz CT molecular complexity index is 2120. The number of nitrogens with zero attached hydrogens (tertiary/aromatic N) is 2. The van der Waals surface area contributed by atoms with Crippen molar-refractivity contribution in [3.05, 3.63) is 103 Å². The number of rotatable bonds is 25. The van der Waals surface area contributed by atoms with Gasteiger partial charge < -0.3 is 48.7 Å². The lowest BCUT2D eigenvalue weighted by Crippen LogP contribution is -2.70. The average Bonchev–Trinajstić information content (AvgIpc) is 3.90. The molecule has 0 spiro atoms. The zero-order valence-electron chi connectivity index (χ0n) is 39.9. The molecule has 3 aromatic rings. The summed E-state index contributed by atoms with van der Waals surface area (Å²) in [6.45, 7) is 5.60. The van der Waals surface area contributed by atoms with E-state index < -0.39 is 24.0 Å². The van der Waals surface area contributed by atoms with Crippen molar-refractivity contribution < 1.29 is 48.6 Å². The highest BCUT2D eigenvalue weighted by Gasteiger charge is 2.65. The Hall–Kier alpha value is -4.56. The smallest absolute Gasteiger partial charge is 0.239 e. The van der Waals surface area contributed by atoms with Gasteiger partial charge in [0.1, 0.15) is 23.3 Å². The Balaban J connectivity index is 1.27. The molecule has 5 aliphatic rings. The molecule has 12 nitrogen and oxygen atoms in total. The number of oxime groups is 1. The first-order chi connectivity index (χ1) is 33.5. The third-order valence-corrected chi connectivity index (χ3v) is 14.9. The van der Waals surface area contributed by atoms with E-state index in [0.717, 1.165) is 92.2 Å². The number of hydrogen-bond donors (Lipinski definition) is 3. The minimum atomic E-state index is -1.39. The van der Waals surface area contributed by atoms with Crippen LogP contribution in [0.2, 0.25) is 0 Å². The van der Waals surface area contributed by atoms with Crippen LogP contribution >= 0.6 is 0 Å². The van der Waals surface area contributed by atoms with Crippen molar-refractivity contribution in [2.75, 3.05) is 52.8 Å². The van der Waals surface area contributed by atoms with Gasteiger partial charge in [-0.25, -0.2) is 0 Å². The topological polar surface area (TPSA) is 149 Å². The van der Waals surface area contributed by atoms with E-state index in [9.17, 15) is 15.3 Å². The molecule has 3 aliphatic carbocycles. The van der Waals surface area contributed by atoms with Gasteiger partial charge in [-0.2, -0.15) is 0 Å². The van der Waals surface area contributed by atoms with E-state index >= 15 is 4.79 Å². The number of aliphatic hydroxyl groups excluding tert-OH is 3. The largest absolute Gasteiger partial charge is 0.459 e. The molecule has 3 fully saturated rings. The highest BCUT2D eigenvalue weighted by molar-refractivity contribution is 6.03. The first kappa shape index (κ1) is 49.8. The summed E-state index contributed by atoms with van der Waals surface area (Å²) in [5.41, 5.74) is 4.93. The molecule has 368 valence electrons. The van der Waals surface area contributed by atoms with E-state index in [0.29, 0.717) is 55.5 Å². The number of amides is 1. The van der Waals surface area contributed by atoms with Gasteiger partial charge in [-0.15, -0.1) is 6.58 Å². The van der Waals surface area contributed by atoms with Crippen molar-refractivity contribution in [1.29, 1.82) is 0 Å². The predicted octanol–water partition coefficient (Wildman–Crippen LogP) is 10.1. The minimum Gasteiger partial charge on any atom is -0.459 e. The van der Waals surface area contributed by atoms with E-state index in [1.165, 1.54) is 12.8 Å². The molecule has 7 atom stereocenters. The van der Waals surface area contributed by atoms with Crippen LogP contribution in [-0.4, -0.2) is 103 Å². The monoisotopic (exact) mass is 935 g/mol. The summed E-state index contributed by atoms with van der Waals surface area (Å²) in [4.78, 5) is 23.3. The highest BCUT2D eigenvalue weighted by Crippen LogP contribution is 2.62. The van der Waals surface area contributed by atoms with Crippen LogP contribution in [-0.2, 0) is 23.8 Å². The summed E-state index contributed by atoms with van der Waals surface area (Å²) < 4.78 is 33.3. The van der Waals surface area contributed by atoms with Crippen LogP contribution in [0.1, 0.15) is 114 Å². The fourth-order valence-corrected chi connectivity index (χ4v) is 11.7. The maximum absolute atomic E-state index is 15.0. The summed E-state index contributed by atoms with van der Waals surface area (Å²) in [7, 11) is 0. The molecule has 3 aromatic carbocycles. The van der Waals surface area contributed by atoms with Crippen LogP contribution in [0.5, 0.6) is 17.2 Å². The third-order valence-electron chi connectivity index (χ3n) is 14.9. The van der Waals surface area contributed by atoms with Crippen molar-refractivity contribution in [3.63, 3.8) is 0 Å². The molecule has 2 aliphatic heterocycles. The van der Waals surface area contributed by atoms with Crippen LogP contribution in [0, 0.1) is 23.7 Å². The Labute approximate surface area is 403 Å². The van der Waals surface area contributed by atoms with Crippen LogP contribution in [0.15, 0.2) is 102 Å². The Morgan fingerprint density at radius 1 is 0.838 bits per heavy atom. The molecule has 12 heteroatoms. The summed E-state index contributed by atoms with van der Waals surface area (Å²) in [5, 5.41) is 34.8. The fourth-order valence-electron chi connectivity index (χ4n) is 11.7. The second-order valence-corrected chi connectivity index (χ2v) is 19.3. The fraction of sp³-hybridized carbons (Fsp3) is 0.571. The first-order valence-corrected chi connectivity index (χ1v) is 25.6. The Kier molecular flexibility index (Phi) is 18.2. The van der Waals surface area contributed by atoms with E-state index in [4.69, 9.17) is 33.7 Å². The van der Waals surface area contributed by atoms with Gasteiger partial charge in [0, 0.05) is 50.5 Å². The van der Waals surface area contributed by atoms with Gasteiger partial charge in [-0.3, -0.25) is 4.79 Å². The number of unbranched alkanes of at least 4 members (excludes halogenated alkanes) is 2. The average molecular weight is 935 g/mol. The van der Waals surface area contributed by atoms with E-state index in [-0.39, 0.29) is 69.8 Å². The van der Waals surface area contributed by atoms with Gasteiger partial charge in [-0.1, -0.05) is 98.3 Å². The van der Waals surface area contributed by atoms with Crippen LogP contribution in [0.4, 0.5) is 0 Å². The lowest BCUT2D eigenvalue weighted by molar-refractivity contribution is -0.258. The molecule has 8 rings (SSSR count). The number of allylic oxidation sites excluding steroid dienone is 1. The lowest BCUT2D eigenvalue weighted by atomic mass is 9.55. The van der Waals surface area contributed by atoms with Gasteiger partial charge in [0.15, 0.2) is 0 Å². The molecule has 2 saturated carbocycles. The molecular formula is C56H74N2O10. The summed E-state index contributed by atoms with van der Waals surface area (Å²) in [5.74, 6) is 0.654. The molecule has 2 heterocycles. The van der Waals surface area contributed by atoms with Crippen LogP contribution < -0.4 is 9.47 Å².